The number of rotatable bonds is 6. The zero-order chi connectivity index (χ0) is 22.0. The number of carbonyl (C=O) groups excluding carboxylic acids is 2. The molecule has 4 rings (SSSR count). The molecule has 1 unspecified atom stereocenters. The number of amides is 1. The van der Waals surface area contributed by atoms with E-state index in [-0.39, 0.29) is 29.7 Å². The molecule has 1 aliphatic heterocycles. The van der Waals surface area contributed by atoms with Gasteiger partial charge in [-0.2, -0.15) is 0 Å². The highest BCUT2D eigenvalue weighted by Crippen LogP contribution is 2.33. The SMILES string of the molecule is COC(=O)CCC(=O)N1CCc2cc(S(=O)(=O)NC3CCCc4ccccc43)ccc21. The van der Waals surface area contributed by atoms with Gasteiger partial charge in [-0.05, 0) is 60.6 Å². The first-order valence-electron chi connectivity index (χ1n) is 10.5. The standard InChI is InChI=1S/C23H26N2O5S/c1-30-23(27)12-11-22(26)25-14-13-17-15-18(9-10-21(17)25)31(28,29)24-20-8-4-6-16-5-2-3-7-19(16)20/h2-3,5,7,9-10,15,20,24H,4,6,8,11-14H2,1H3. The van der Waals surface area contributed by atoms with Crippen molar-refractivity contribution in [1.82, 2.24) is 4.72 Å². The van der Waals surface area contributed by atoms with E-state index >= 15 is 0 Å². The molecule has 0 bridgehead atoms. The van der Waals surface area contributed by atoms with Gasteiger partial charge in [-0.25, -0.2) is 13.1 Å². The summed E-state index contributed by atoms with van der Waals surface area (Å²) in [6.07, 6.45) is 3.35. The molecule has 7 nitrogen and oxygen atoms in total. The molecule has 1 atom stereocenters. The van der Waals surface area contributed by atoms with Gasteiger partial charge < -0.3 is 9.64 Å². The number of nitrogens with one attached hydrogen (secondary N) is 1. The van der Waals surface area contributed by atoms with Crippen molar-refractivity contribution in [2.45, 2.75) is 49.5 Å². The van der Waals surface area contributed by atoms with E-state index in [4.69, 9.17) is 0 Å². The third kappa shape index (κ3) is 4.50. The number of nitrogens with zero attached hydrogens (tertiary/aromatic N) is 1. The van der Waals surface area contributed by atoms with Crippen molar-refractivity contribution in [3.8, 4) is 0 Å². The highest BCUT2D eigenvalue weighted by molar-refractivity contribution is 7.89. The summed E-state index contributed by atoms with van der Waals surface area (Å²) in [5.74, 6) is -0.596. The van der Waals surface area contributed by atoms with Crippen LogP contribution in [0.1, 0.15) is 48.4 Å². The lowest BCUT2D eigenvalue weighted by Crippen LogP contribution is -2.31. The van der Waals surface area contributed by atoms with E-state index in [2.05, 4.69) is 15.5 Å². The Hall–Kier alpha value is -2.71. The summed E-state index contributed by atoms with van der Waals surface area (Å²) in [5.41, 5.74) is 3.76. The molecule has 1 aliphatic carbocycles. The Bertz CT molecular complexity index is 1110. The maximum Gasteiger partial charge on any atom is 0.306 e. The predicted molar refractivity (Wildman–Crippen MR) is 116 cm³/mol. The zero-order valence-corrected chi connectivity index (χ0v) is 18.3. The summed E-state index contributed by atoms with van der Waals surface area (Å²) in [6, 6.07) is 12.6. The molecular weight excluding hydrogens is 416 g/mol. The number of methoxy groups -OCH3 is 1. The van der Waals surface area contributed by atoms with Crippen LogP contribution in [-0.4, -0.2) is 33.9 Å². The fourth-order valence-corrected chi connectivity index (χ4v) is 5.68. The number of benzene rings is 2. The van der Waals surface area contributed by atoms with Gasteiger partial charge in [0.1, 0.15) is 0 Å². The van der Waals surface area contributed by atoms with Crippen LogP contribution >= 0.6 is 0 Å². The summed E-state index contributed by atoms with van der Waals surface area (Å²) >= 11 is 0. The molecule has 0 aromatic heterocycles. The van der Waals surface area contributed by atoms with Crippen molar-refractivity contribution >= 4 is 27.6 Å². The fraction of sp³-hybridized carbons (Fsp3) is 0.391. The number of anilines is 1. The molecule has 1 amide bonds. The molecule has 0 fully saturated rings. The second-order valence-electron chi connectivity index (χ2n) is 7.93. The van der Waals surface area contributed by atoms with Gasteiger partial charge in [-0.15, -0.1) is 0 Å². The summed E-state index contributed by atoms with van der Waals surface area (Å²) in [7, 11) is -2.41. The quantitative estimate of drug-likeness (QED) is 0.695. The number of fused-ring (bicyclic) bond motifs is 2. The monoisotopic (exact) mass is 442 g/mol. The number of carbonyl (C=O) groups is 2. The van der Waals surface area contributed by atoms with Crippen LogP contribution in [0, 0.1) is 0 Å². The van der Waals surface area contributed by atoms with Gasteiger partial charge in [0, 0.05) is 24.7 Å². The van der Waals surface area contributed by atoms with Gasteiger partial charge in [-0.3, -0.25) is 9.59 Å². The molecule has 0 saturated carbocycles. The molecule has 8 heteroatoms. The third-order valence-corrected chi connectivity index (χ3v) is 7.46. The van der Waals surface area contributed by atoms with Crippen molar-refractivity contribution in [3.63, 3.8) is 0 Å². The Morgan fingerprint density at radius 2 is 1.90 bits per heavy atom. The van der Waals surface area contributed by atoms with Crippen molar-refractivity contribution in [2.24, 2.45) is 0 Å². The molecule has 2 aromatic rings. The maximum absolute atomic E-state index is 13.1. The molecule has 0 saturated heterocycles. The van der Waals surface area contributed by atoms with Gasteiger partial charge in [0.15, 0.2) is 0 Å². The molecule has 2 aliphatic rings. The van der Waals surface area contributed by atoms with Crippen molar-refractivity contribution in [3.05, 3.63) is 59.2 Å². The number of sulfonamides is 1. The van der Waals surface area contributed by atoms with Crippen LogP contribution in [0.4, 0.5) is 5.69 Å². The summed E-state index contributed by atoms with van der Waals surface area (Å²) in [5, 5.41) is 0. The van der Waals surface area contributed by atoms with E-state index in [1.807, 2.05) is 18.2 Å². The number of aryl methyl sites for hydroxylation is 1. The van der Waals surface area contributed by atoms with Gasteiger partial charge in [0.2, 0.25) is 15.9 Å². The molecule has 0 radical (unpaired) electrons. The van der Waals surface area contributed by atoms with Gasteiger partial charge in [-0.1, -0.05) is 24.3 Å². The summed E-state index contributed by atoms with van der Waals surface area (Å²) in [4.78, 5) is 25.6. The first-order chi connectivity index (χ1) is 14.9. The average molecular weight is 443 g/mol. The molecule has 1 N–H and O–H groups in total. The van der Waals surface area contributed by atoms with Crippen LogP contribution in [0.3, 0.4) is 0 Å². The second-order valence-corrected chi connectivity index (χ2v) is 9.64. The summed E-state index contributed by atoms with van der Waals surface area (Å²) in [6.45, 7) is 0.474. The minimum absolute atomic E-state index is 0.0282. The molecular formula is C23H26N2O5S. The van der Waals surface area contributed by atoms with E-state index in [0.29, 0.717) is 18.7 Å². The normalized spacial score (nSPS) is 17.7. The number of hydrogen-bond acceptors (Lipinski definition) is 5. The minimum Gasteiger partial charge on any atom is -0.469 e. The zero-order valence-electron chi connectivity index (χ0n) is 17.5. The topological polar surface area (TPSA) is 92.8 Å². The van der Waals surface area contributed by atoms with Crippen LogP contribution < -0.4 is 9.62 Å². The number of ether oxygens (including phenoxy) is 1. The van der Waals surface area contributed by atoms with Crippen molar-refractivity contribution in [2.75, 3.05) is 18.6 Å². The lowest BCUT2D eigenvalue weighted by Gasteiger charge is -2.26. The first-order valence-corrected chi connectivity index (χ1v) is 12.0. The van der Waals surface area contributed by atoms with E-state index < -0.39 is 16.0 Å². The number of hydrogen-bond donors (Lipinski definition) is 1. The Labute approximate surface area is 182 Å². The Morgan fingerprint density at radius 1 is 1.10 bits per heavy atom. The van der Waals surface area contributed by atoms with E-state index in [1.54, 1.807) is 23.1 Å². The van der Waals surface area contributed by atoms with Crippen LogP contribution in [0.2, 0.25) is 0 Å². The molecule has 164 valence electrons. The smallest absolute Gasteiger partial charge is 0.306 e. The van der Waals surface area contributed by atoms with E-state index in [1.165, 1.54) is 12.7 Å². The van der Waals surface area contributed by atoms with Crippen LogP contribution in [0.25, 0.3) is 0 Å². The Balaban J connectivity index is 1.50. The Kier molecular flexibility index (Phi) is 6.11. The molecule has 0 spiro atoms. The van der Waals surface area contributed by atoms with Gasteiger partial charge in [0.05, 0.1) is 18.4 Å². The van der Waals surface area contributed by atoms with E-state index in [9.17, 15) is 18.0 Å². The third-order valence-electron chi connectivity index (χ3n) is 6.00. The van der Waals surface area contributed by atoms with Crippen molar-refractivity contribution < 1.29 is 22.7 Å². The van der Waals surface area contributed by atoms with Gasteiger partial charge >= 0.3 is 5.97 Å². The van der Waals surface area contributed by atoms with Crippen molar-refractivity contribution in [1.29, 1.82) is 0 Å². The van der Waals surface area contributed by atoms with E-state index in [0.717, 1.165) is 30.4 Å². The van der Waals surface area contributed by atoms with Crippen LogP contribution in [0.5, 0.6) is 0 Å². The largest absolute Gasteiger partial charge is 0.469 e. The molecule has 2 aromatic carbocycles. The predicted octanol–water partition coefficient (Wildman–Crippen LogP) is 2.88. The molecule has 31 heavy (non-hydrogen) atoms. The molecule has 1 heterocycles. The number of esters is 1. The highest BCUT2D eigenvalue weighted by Gasteiger charge is 2.29. The highest BCUT2D eigenvalue weighted by atomic mass is 32.2. The second kappa shape index (κ2) is 8.80. The van der Waals surface area contributed by atoms with Crippen LogP contribution in [-0.2, 0) is 37.2 Å². The summed E-state index contributed by atoms with van der Waals surface area (Å²) < 4.78 is 33.6. The average Bonchev–Trinajstić information content (AvgIpc) is 3.21. The lowest BCUT2D eigenvalue weighted by atomic mass is 9.88. The van der Waals surface area contributed by atoms with Gasteiger partial charge in [0.25, 0.3) is 0 Å². The first kappa shape index (κ1) is 21.5. The fourth-order valence-electron chi connectivity index (χ4n) is 4.38. The Morgan fingerprint density at radius 3 is 2.71 bits per heavy atom. The minimum atomic E-state index is -3.70. The lowest BCUT2D eigenvalue weighted by molar-refractivity contribution is -0.141. The van der Waals surface area contributed by atoms with Crippen LogP contribution in [0.15, 0.2) is 47.4 Å². The maximum atomic E-state index is 13.1.